The molecular weight excluding hydrogens is 407 g/mol. The Morgan fingerprint density at radius 3 is 2.45 bits per heavy atom. The predicted molar refractivity (Wildman–Crippen MR) is 112 cm³/mol. The van der Waals surface area contributed by atoms with E-state index in [2.05, 4.69) is 4.99 Å². The van der Waals surface area contributed by atoms with Crippen LogP contribution in [0.15, 0.2) is 71.4 Å². The van der Waals surface area contributed by atoms with Gasteiger partial charge in [-0.15, -0.1) is 0 Å². The molecule has 3 aromatic carbocycles. The van der Waals surface area contributed by atoms with E-state index in [1.165, 1.54) is 19.2 Å². The van der Waals surface area contributed by atoms with Crippen molar-refractivity contribution in [3.8, 4) is 5.75 Å². The summed E-state index contributed by atoms with van der Waals surface area (Å²) in [5, 5.41) is 1.71. The average molecular weight is 425 g/mol. The normalized spacial score (nSPS) is 19.3. The molecule has 1 aliphatic heterocycles. The molecular formula is C24H18F3NO3. The predicted octanol–water partition coefficient (Wildman–Crippen LogP) is 5.62. The van der Waals surface area contributed by atoms with E-state index in [0.717, 1.165) is 28.5 Å². The first-order chi connectivity index (χ1) is 14.8. The van der Waals surface area contributed by atoms with Gasteiger partial charge in [-0.3, -0.25) is 9.79 Å². The summed E-state index contributed by atoms with van der Waals surface area (Å²) in [4.78, 5) is 17.1. The second-order valence-corrected chi connectivity index (χ2v) is 7.00. The average Bonchev–Trinajstić information content (AvgIpc) is 3.08. The molecule has 0 aromatic heterocycles. The summed E-state index contributed by atoms with van der Waals surface area (Å²) >= 11 is 0. The molecule has 1 unspecified atom stereocenters. The van der Waals surface area contributed by atoms with Gasteiger partial charge in [0.05, 0.1) is 12.7 Å². The first-order valence-electron chi connectivity index (χ1n) is 9.47. The summed E-state index contributed by atoms with van der Waals surface area (Å²) in [5.74, 6) is -0.691. The van der Waals surface area contributed by atoms with E-state index in [0.29, 0.717) is 5.75 Å². The van der Waals surface area contributed by atoms with Crippen LogP contribution in [-0.2, 0) is 15.7 Å². The summed E-state index contributed by atoms with van der Waals surface area (Å²) < 4.78 is 50.5. The van der Waals surface area contributed by atoms with Gasteiger partial charge >= 0.3 is 6.18 Å². The third-order valence-corrected chi connectivity index (χ3v) is 5.16. The van der Waals surface area contributed by atoms with Crippen molar-refractivity contribution < 1.29 is 27.4 Å². The number of allylic oxidation sites excluding steroid dienone is 1. The van der Waals surface area contributed by atoms with Crippen LogP contribution in [0.3, 0.4) is 0 Å². The van der Waals surface area contributed by atoms with Crippen LogP contribution in [-0.4, -0.2) is 25.8 Å². The maximum absolute atomic E-state index is 13.1. The number of alkyl halides is 3. The van der Waals surface area contributed by atoms with Gasteiger partial charge in [-0.05, 0) is 34.7 Å². The van der Waals surface area contributed by atoms with Gasteiger partial charge in [0.1, 0.15) is 11.7 Å². The molecule has 31 heavy (non-hydrogen) atoms. The number of halogens is 3. The lowest BCUT2D eigenvalue weighted by Gasteiger charge is -2.11. The Morgan fingerprint density at radius 1 is 1.03 bits per heavy atom. The standard InChI is InChI=1S/C24H18F3NO3/c1-28-23-21(15-7-3-8-16(12-15)24(25,26)27)22(29)20(31-23)13-14-6-4-10-18-17(14)9-5-11-19(18)30-2/h3-13,21H,1-2H3. The monoisotopic (exact) mass is 425 g/mol. The first-order valence-corrected chi connectivity index (χ1v) is 9.47. The molecule has 0 saturated carbocycles. The number of aliphatic imine (C=N–C) groups is 1. The van der Waals surface area contributed by atoms with Crippen molar-refractivity contribution in [1.29, 1.82) is 0 Å². The Balaban J connectivity index is 1.77. The molecule has 1 fully saturated rings. The zero-order chi connectivity index (χ0) is 22.2. The Bertz CT molecular complexity index is 1230. The molecule has 7 heteroatoms. The number of benzene rings is 3. The number of fused-ring (bicyclic) bond motifs is 1. The topological polar surface area (TPSA) is 47.9 Å². The zero-order valence-electron chi connectivity index (χ0n) is 16.7. The van der Waals surface area contributed by atoms with E-state index in [1.807, 2.05) is 36.4 Å². The molecule has 0 spiro atoms. The van der Waals surface area contributed by atoms with Gasteiger partial charge in [-0.2, -0.15) is 13.2 Å². The molecule has 3 aromatic rings. The lowest BCUT2D eigenvalue weighted by Crippen LogP contribution is -2.14. The Morgan fingerprint density at radius 2 is 1.74 bits per heavy atom. The van der Waals surface area contributed by atoms with Crippen LogP contribution in [0.2, 0.25) is 0 Å². The smallest absolute Gasteiger partial charge is 0.416 e. The number of ketones is 1. The highest BCUT2D eigenvalue weighted by Crippen LogP contribution is 2.37. The Hall–Kier alpha value is -3.61. The fraction of sp³-hybridized carbons (Fsp3) is 0.167. The molecule has 4 nitrogen and oxygen atoms in total. The Kier molecular flexibility index (Phi) is 5.27. The van der Waals surface area contributed by atoms with Crippen LogP contribution in [0.1, 0.15) is 22.6 Å². The van der Waals surface area contributed by atoms with Gasteiger partial charge in [0.2, 0.25) is 11.7 Å². The van der Waals surface area contributed by atoms with Crippen LogP contribution >= 0.6 is 0 Å². The maximum atomic E-state index is 13.1. The summed E-state index contributed by atoms with van der Waals surface area (Å²) in [6, 6.07) is 15.8. The van der Waals surface area contributed by atoms with E-state index in [-0.39, 0.29) is 17.2 Å². The third-order valence-electron chi connectivity index (χ3n) is 5.16. The highest BCUT2D eigenvalue weighted by atomic mass is 19.4. The number of carbonyl (C=O) groups excluding carboxylic acids is 1. The molecule has 4 rings (SSSR count). The van der Waals surface area contributed by atoms with Crippen LogP contribution in [0.5, 0.6) is 5.75 Å². The van der Waals surface area contributed by atoms with Crippen molar-refractivity contribution in [2.45, 2.75) is 12.1 Å². The minimum atomic E-state index is -4.51. The van der Waals surface area contributed by atoms with Crippen molar-refractivity contribution in [1.82, 2.24) is 0 Å². The van der Waals surface area contributed by atoms with E-state index < -0.39 is 23.4 Å². The highest BCUT2D eigenvalue weighted by molar-refractivity contribution is 6.21. The number of nitrogens with zero attached hydrogens (tertiary/aromatic N) is 1. The van der Waals surface area contributed by atoms with Crippen LogP contribution < -0.4 is 4.74 Å². The number of methoxy groups -OCH3 is 1. The van der Waals surface area contributed by atoms with Gasteiger partial charge in [0.15, 0.2) is 5.76 Å². The first kappa shape index (κ1) is 20.7. The van der Waals surface area contributed by atoms with E-state index in [1.54, 1.807) is 13.2 Å². The van der Waals surface area contributed by atoms with Gasteiger partial charge in [-0.25, -0.2) is 0 Å². The number of Topliss-reactive ketones (excluding diaryl/α,β-unsaturated/α-hetero) is 1. The van der Waals surface area contributed by atoms with Gasteiger partial charge < -0.3 is 9.47 Å². The second kappa shape index (κ2) is 7.91. The van der Waals surface area contributed by atoms with Crippen LogP contribution in [0.25, 0.3) is 16.8 Å². The fourth-order valence-electron chi connectivity index (χ4n) is 3.69. The fourth-order valence-corrected chi connectivity index (χ4v) is 3.69. The van der Waals surface area contributed by atoms with E-state index in [4.69, 9.17) is 9.47 Å². The molecule has 0 N–H and O–H groups in total. The Labute approximate surface area is 176 Å². The molecule has 0 radical (unpaired) electrons. The number of ether oxygens (including phenoxy) is 2. The summed E-state index contributed by atoms with van der Waals surface area (Å²) in [6.07, 6.45) is -2.92. The molecule has 0 amide bonds. The zero-order valence-corrected chi connectivity index (χ0v) is 16.7. The van der Waals surface area contributed by atoms with Crippen molar-refractivity contribution in [2.75, 3.05) is 14.2 Å². The molecule has 1 heterocycles. The summed E-state index contributed by atoms with van der Waals surface area (Å²) in [5.41, 5.74) is 0.0788. The van der Waals surface area contributed by atoms with Crippen LogP contribution in [0.4, 0.5) is 13.2 Å². The highest BCUT2D eigenvalue weighted by Gasteiger charge is 2.40. The number of hydrogen-bond acceptors (Lipinski definition) is 4. The third kappa shape index (κ3) is 3.79. The molecule has 1 saturated heterocycles. The number of hydrogen-bond donors (Lipinski definition) is 0. The minimum Gasteiger partial charge on any atom is -0.496 e. The molecule has 1 atom stereocenters. The summed E-state index contributed by atoms with van der Waals surface area (Å²) in [6.45, 7) is 0. The van der Waals surface area contributed by atoms with Gasteiger partial charge in [0, 0.05) is 12.4 Å². The largest absolute Gasteiger partial charge is 0.496 e. The quantitative estimate of drug-likeness (QED) is 0.512. The van der Waals surface area contributed by atoms with Gasteiger partial charge in [0.25, 0.3) is 0 Å². The molecule has 0 aliphatic carbocycles. The van der Waals surface area contributed by atoms with Crippen LogP contribution in [0, 0.1) is 0 Å². The molecule has 0 bridgehead atoms. The van der Waals surface area contributed by atoms with Crippen molar-refractivity contribution >= 4 is 28.5 Å². The second-order valence-electron chi connectivity index (χ2n) is 7.00. The van der Waals surface area contributed by atoms with E-state index >= 15 is 0 Å². The molecule has 1 aliphatic rings. The maximum Gasteiger partial charge on any atom is 0.416 e. The lowest BCUT2D eigenvalue weighted by atomic mass is 9.93. The SMILES string of the molecule is CN=C1OC(=Cc2cccc3c(OC)cccc23)C(=O)C1c1cccc(C(F)(F)F)c1. The van der Waals surface area contributed by atoms with Crippen molar-refractivity contribution in [3.05, 3.63) is 83.1 Å². The lowest BCUT2D eigenvalue weighted by molar-refractivity contribution is -0.137. The van der Waals surface area contributed by atoms with Crippen molar-refractivity contribution in [2.24, 2.45) is 4.99 Å². The molecule has 158 valence electrons. The van der Waals surface area contributed by atoms with Crippen molar-refractivity contribution in [3.63, 3.8) is 0 Å². The van der Waals surface area contributed by atoms with E-state index in [9.17, 15) is 18.0 Å². The minimum absolute atomic E-state index is 0.0262. The van der Waals surface area contributed by atoms with Gasteiger partial charge in [-0.1, -0.05) is 48.5 Å². The number of rotatable bonds is 3. The summed E-state index contributed by atoms with van der Waals surface area (Å²) in [7, 11) is 3.02. The number of carbonyl (C=O) groups is 1.